The number of fused-ring (bicyclic) bond motifs is 1. The molecule has 1 amide bonds. The zero-order valence-corrected chi connectivity index (χ0v) is 14.0. The Hall–Kier alpha value is -2.35. The molecule has 0 bridgehead atoms. The van der Waals surface area contributed by atoms with Gasteiger partial charge in [-0.3, -0.25) is 4.79 Å². The van der Waals surface area contributed by atoms with E-state index in [0.29, 0.717) is 11.0 Å². The van der Waals surface area contributed by atoms with E-state index < -0.39 is 0 Å². The molecule has 4 rings (SSSR count). The van der Waals surface area contributed by atoms with Gasteiger partial charge in [0, 0.05) is 11.3 Å². The molecule has 0 heterocycles. The van der Waals surface area contributed by atoms with E-state index in [1.165, 1.54) is 48.8 Å². The monoisotopic (exact) mass is 317 g/mol. The number of nitrogens with one attached hydrogen (secondary N) is 1. The molecule has 0 saturated heterocycles. The number of hydrogen-bond acceptors (Lipinski definition) is 1. The van der Waals surface area contributed by atoms with E-state index in [1.807, 2.05) is 36.4 Å². The highest BCUT2D eigenvalue weighted by molar-refractivity contribution is 6.04. The fraction of sp³-hybridized carbons (Fsp3) is 0.318. The number of rotatable bonds is 2. The van der Waals surface area contributed by atoms with Crippen LogP contribution in [-0.4, -0.2) is 5.91 Å². The summed E-state index contributed by atoms with van der Waals surface area (Å²) in [5.74, 6) is -0.0625. The van der Waals surface area contributed by atoms with Crippen molar-refractivity contribution in [1.29, 1.82) is 0 Å². The maximum absolute atomic E-state index is 12.4. The second-order valence-corrected chi connectivity index (χ2v) is 7.16. The van der Waals surface area contributed by atoms with Crippen molar-refractivity contribution in [2.24, 2.45) is 5.41 Å². The normalized spacial score (nSPS) is 18.4. The Kier molecular flexibility index (Phi) is 3.76. The van der Waals surface area contributed by atoms with Crippen LogP contribution in [0.2, 0.25) is 0 Å². The first-order valence-electron chi connectivity index (χ1n) is 8.87. The summed E-state index contributed by atoms with van der Waals surface area (Å²) >= 11 is 0. The van der Waals surface area contributed by atoms with Crippen LogP contribution in [0, 0.1) is 5.41 Å². The standard InChI is InChI=1S/C22H23NO/c1-16-20-15-19(23-21(24)18-7-3-2-4-8-18)10-9-17(20)11-14-22(16)12-5-6-13-22/h2-4,7-10,15H,1,5-6,11-14H2,(H,23,24). The minimum atomic E-state index is -0.0625. The zero-order chi connectivity index (χ0) is 16.6. The molecule has 0 radical (unpaired) electrons. The van der Waals surface area contributed by atoms with Crippen LogP contribution >= 0.6 is 0 Å². The molecule has 2 aliphatic carbocycles. The van der Waals surface area contributed by atoms with Crippen LogP contribution in [-0.2, 0) is 6.42 Å². The average Bonchev–Trinajstić information content (AvgIpc) is 3.09. The van der Waals surface area contributed by atoms with Gasteiger partial charge in [-0.2, -0.15) is 0 Å². The number of carbonyl (C=O) groups is 1. The summed E-state index contributed by atoms with van der Waals surface area (Å²) in [7, 11) is 0. The van der Waals surface area contributed by atoms with Crippen LogP contribution < -0.4 is 5.32 Å². The van der Waals surface area contributed by atoms with E-state index in [1.54, 1.807) is 0 Å². The number of amides is 1. The lowest BCUT2D eigenvalue weighted by molar-refractivity contribution is 0.102. The Morgan fingerprint density at radius 3 is 2.50 bits per heavy atom. The van der Waals surface area contributed by atoms with E-state index in [2.05, 4.69) is 24.0 Å². The highest BCUT2D eigenvalue weighted by atomic mass is 16.1. The first-order chi connectivity index (χ1) is 11.7. The number of aryl methyl sites for hydroxylation is 1. The van der Waals surface area contributed by atoms with E-state index in [0.717, 1.165) is 12.1 Å². The summed E-state index contributed by atoms with van der Waals surface area (Å²) in [6.07, 6.45) is 7.53. The van der Waals surface area contributed by atoms with Crippen molar-refractivity contribution in [1.82, 2.24) is 0 Å². The van der Waals surface area contributed by atoms with Crippen LogP contribution in [0.3, 0.4) is 0 Å². The minimum absolute atomic E-state index is 0.0625. The second kappa shape index (κ2) is 5.94. The van der Waals surface area contributed by atoms with Crippen molar-refractivity contribution in [3.63, 3.8) is 0 Å². The van der Waals surface area contributed by atoms with E-state index in [-0.39, 0.29) is 5.91 Å². The zero-order valence-electron chi connectivity index (χ0n) is 14.0. The molecule has 2 aromatic carbocycles. The highest BCUT2D eigenvalue weighted by Gasteiger charge is 2.39. The Morgan fingerprint density at radius 1 is 1.00 bits per heavy atom. The van der Waals surface area contributed by atoms with Crippen molar-refractivity contribution in [3.05, 3.63) is 71.8 Å². The van der Waals surface area contributed by atoms with Crippen LogP contribution in [0.4, 0.5) is 5.69 Å². The average molecular weight is 317 g/mol. The lowest BCUT2D eigenvalue weighted by Gasteiger charge is -2.37. The van der Waals surface area contributed by atoms with Gasteiger partial charge in [0.05, 0.1) is 0 Å². The first kappa shape index (κ1) is 15.2. The maximum Gasteiger partial charge on any atom is 0.255 e. The molecule has 122 valence electrons. The van der Waals surface area contributed by atoms with Gasteiger partial charge >= 0.3 is 0 Å². The van der Waals surface area contributed by atoms with Crippen molar-refractivity contribution in [2.45, 2.75) is 38.5 Å². The minimum Gasteiger partial charge on any atom is -0.322 e. The van der Waals surface area contributed by atoms with E-state index in [4.69, 9.17) is 0 Å². The maximum atomic E-state index is 12.4. The fourth-order valence-electron chi connectivity index (χ4n) is 4.36. The molecule has 2 aliphatic rings. The predicted molar refractivity (Wildman–Crippen MR) is 99.1 cm³/mol. The lowest BCUT2D eigenvalue weighted by atomic mass is 9.67. The Morgan fingerprint density at radius 2 is 1.75 bits per heavy atom. The van der Waals surface area contributed by atoms with E-state index >= 15 is 0 Å². The smallest absolute Gasteiger partial charge is 0.255 e. The summed E-state index contributed by atoms with van der Waals surface area (Å²) in [5.41, 5.74) is 5.77. The Bertz CT molecular complexity index is 785. The molecular formula is C22H23NO. The van der Waals surface area contributed by atoms with Gasteiger partial charge in [-0.15, -0.1) is 0 Å². The molecule has 1 fully saturated rings. The highest BCUT2D eigenvalue weighted by Crippen LogP contribution is 2.54. The third kappa shape index (κ3) is 2.56. The molecule has 2 heteroatoms. The van der Waals surface area contributed by atoms with Gasteiger partial charge in [-0.25, -0.2) is 0 Å². The number of hydrogen-bond donors (Lipinski definition) is 1. The van der Waals surface area contributed by atoms with Gasteiger partial charge in [0.1, 0.15) is 0 Å². The summed E-state index contributed by atoms with van der Waals surface area (Å²) in [6.45, 7) is 4.46. The van der Waals surface area contributed by atoms with Crippen LogP contribution in [0.15, 0.2) is 55.1 Å². The largest absolute Gasteiger partial charge is 0.322 e. The molecule has 0 aromatic heterocycles. The van der Waals surface area contributed by atoms with Crippen LogP contribution in [0.25, 0.3) is 5.57 Å². The van der Waals surface area contributed by atoms with Crippen molar-refractivity contribution < 1.29 is 4.79 Å². The SMILES string of the molecule is C=C1c2cc(NC(=O)c3ccccc3)ccc2CCC12CCCC2. The van der Waals surface area contributed by atoms with Gasteiger partial charge in [0.15, 0.2) is 0 Å². The van der Waals surface area contributed by atoms with Crippen LogP contribution in [0.1, 0.15) is 53.6 Å². The summed E-state index contributed by atoms with van der Waals surface area (Å²) in [6, 6.07) is 15.6. The Labute approximate surface area is 143 Å². The number of benzene rings is 2. The topological polar surface area (TPSA) is 29.1 Å². The molecule has 1 saturated carbocycles. The van der Waals surface area contributed by atoms with Gasteiger partial charge in [0.2, 0.25) is 0 Å². The number of carbonyl (C=O) groups excluding carboxylic acids is 1. The van der Waals surface area contributed by atoms with Crippen molar-refractivity contribution in [3.8, 4) is 0 Å². The predicted octanol–water partition coefficient (Wildman–Crippen LogP) is 5.46. The third-order valence-corrected chi connectivity index (χ3v) is 5.80. The molecular weight excluding hydrogens is 294 g/mol. The third-order valence-electron chi connectivity index (χ3n) is 5.80. The van der Waals surface area contributed by atoms with Crippen molar-refractivity contribution >= 4 is 17.2 Å². The molecule has 0 atom stereocenters. The second-order valence-electron chi connectivity index (χ2n) is 7.16. The first-order valence-corrected chi connectivity index (χ1v) is 8.87. The number of allylic oxidation sites excluding steroid dienone is 1. The lowest BCUT2D eigenvalue weighted by Crippen LogP contribution is -2.24. The summed E-state index contributed by atoms with van der Waals surface area (Å²) < 4.78 is 0. The summed E-state index contributed by atoms with van der Waals surface area (Å²) in [5, 5.41) is 3.03. The van der Waals surface area contributed by atoms with Crippen LogP contribution in [0.5, 0.6) is 0 Å². The molecule has 1 spiro atoms. The molecule has 0 unspecified atom stereocenters. The van der Waals surface area contributed by atoms with Gasteiger partial charge in [-0.05, 0) is 72.1 Å². The van der Waals surface area contributed by atoms with Gasteiger partial charge < -0.3 is 5.32 Å². The van der Waals surface area contributed by atoms with Crippen molar-refractivity contribution in [2.75, 3.05) is 5.32 Å². The quantitative estimate of drug-likeness (QED) is 0.783. The molecule has 1 N–H and O–H groups in total. The van der Waals surface area contributed by atoms with Gasteiger partial charge in [0.25, 0.3) is 5.91 Å². The summed E-state index contributed by atoms with van der Waals surface area (Å²) in [4.78, 5) is 12.4. The van der Waals surface area contributed by atoms with Gasteiger partial charge in [-0.1, -0.05) is 43.7 Å². The molecule has 0 aliphatic heterocycles. The fourth-order valence-corrected chi connectivity index (χ4v) is 4.36. The molecule has 24 heavy (non-hydrogen) atoms. The van der Waals surface area contributed by atoms with E-state index in [9.17, 15) is 4.79 Å². The number of anilines is 1. The Balaban J connectivity index is 1.60. The molecule has 2 nitrogen and oxygen atoms in total. The molecule has 2 aromatic rings.